The van der Waals surface area contributed by atoms with E-state index in [0.717, 1.165) is 15.7 Å². The largest absolute Gasteiger partial charge is 0.322 e. The van der Waals surface area contributed by atoms with Gasteiger partial charge in [0.15, 0.2) is 0 Å². The molecule has 0 unspecified atom stereocenters. The minimum atomic E-state index is -0.0618. The normalized spacial score (nSPS) is 10.1. The van der Waals surface area contributed by atoms with Crippen LogP contribution in [0.4, 0.5) is 5.69 Å². The highest BCUT2D eigenvalue weighted by Gasteiger charge is 2.12. The van der Waals surface area contributed by atoms with Gasteiger partial charge < -0.3 is 10.6 Å². The first-order chi connectivity index (χ1) is 7.10. The Morgan fingerprint density at radius 1 is 1.53 bits per heavy atom. The fraction of sp³-hybridized carbons (Fsp3) is 0.364. The van der Waals surface area contributed by atoms with E-state index in [1.807, 2.05) is 32.0 Å². The van der Waals surface area contributed by atoms with Crippen LogP contribution < -0.4 is 10.6 Å². The van der Waals surface area contributed by atoms with E-state index >= 15 is 0 Å². The molecule has 0 radical (unpaired) electrons. The Hall–Kier alpha value is -0.870. The standard InChI is InChI=1S/C11H15BrN2O/c1-3-14(11(15)7-13)9-5-4-8(2)10(12)6-9/h4-6H,3,7,13H2,1-2H3. The van der Waals surface area contributed by atoms with E-state index in [0.29, 0.717) is 6.54 Å². The number of hydrogen-bond acceptors (Lipinski definition) is 2. The van der Waals surface area contributed by atoms with E-state index in [9.17, 15) is 4.79 Å². The van der Waals surface area contributed by atoms with Gasteiger partial charge in [-0.3, -0.25) is 4.79 Å². The predicted molar refractivity (Wildman–Crippen MR) is 66.0 cm³/mol. The summed E-state index contributed by atoms with van der Waals surface area (Å²) in [6, 6.07) is 5.84. The van der Waals surface area contributed by atoms with Gasteiger partial charge in [0.25, 0.3) is 0 Å². The van der Waals surface area contributed by atoms with Crippen molar-refractivity contribution in [2.45, 2.75) is 13.8 Å². The fourth-order valence-corrected chi connectivity index (χ4v) is 1.73. The molecular formula is C11H15BrN2O. The molecule has 15 heavy (non-hydrogen) atoms. The van der Waals surface area contributed by atoms with Gasteiger partial charge in [0.05, 0.1) is 6.54 Å². The number of nitrogens with two attached hydrogens (primary N) is 1. The Morgan fingerprint density at radius 3 is 2.67 bits per heavy atom. The molecule has 0 atom stereocenters. The minimum absolute atomic E-state index is 0.0410. The highest BCUT2D eigenvalue weighted by molar-refractivity contribution is 9.10. The summed E-state index contributed by atoms with van der Waals surface area (Å²) in [7, 11) is 0. The number of amides is 1. The lowest BCUT2D eigenvalue weighted by Gasteiger charge is -2.20. The molecule has 0 heterocycles. The minimum Gasteiger partial charge on any atom is -0.322 e. The summed E-state index contributed by atoms with van der Waals surface area (Å²) in [5.74, 6) is -0.0618. The lowest BCUT2D eigenvalue weighted by Crippen LogP contribution is -2.35. The van der Waals surface area contributed by atoms with E-state index in [4.69, 9.17) is 5.73 Å². The molecular weight excluding hydrogens is 256 g/mol. The van der Waals surface area contributed by atoms with Crippen LogP contribution in [0.25, 0.3) is 0 Å². The highest BCUT2D eigenvalue weighted by atomic mass is 79.9. The molecule has 0 fully saturated rings. The third-order valence-electron chi connectivity index (χ3n) is 2.26. The van der Waals surface area contributed by atoms with Crippen molar-refractivity contribution in [3.8, 4) is 0 Å². The average molecular weight is 271 g/mol. The molecule has 1 amide bonds. The summed E-state index contributed by atoms with van der Waals surface area (Å²) in [4.78, 5) is 13.2. The van der Waals surface area contributed by atoms with Gasteiger partial charge in [-0.1, -0.05) is 22.0 Å². The van der Waals surface area contributed by atoms with E-state index < -0.39 is 0 Å². The molecule has 3 nitrogen and oxygen atoms in total. The zero-order valence-electron chi connectivity index (χ0n) is 8.96. The van der Waals surface area contributed by atoms with E-state index in [1.165, 1.54) is 0 Å². The van der Waals surface area contributed by atoms with Crippen LogP contribution in [-0.2, 0) is 4.79 Å². The fourth-order valence-electron chi connectivity index (χ4n) is 1.36. The molecule has 4 heteroatoms. The van der Waals surface area contributed by atoms with Gasteiger partial charge in [-0.25, -0.2) is 0 Å². The molecule has 0 aromatic heterocycles. The lowest BCUT2D eigenvalue weighted by atomic mass is 10.2. The molecule has 1 aromatic rings. The molecule has 1 aromatic carbocycles. The number of aryl methyl sites for hydroxylation is 1. The van der Waals surface area contributed by atoms with Crippen molar-refractivity contribution in [1.29, 1.82) is 0 Å². The Kier molecular flexibility index (Phi) is 4.29. The number of hydrogen-bond donors (Lipinski definition) is 1. The Balaban J connectivity index is 3.02. The smallest absolute Gasteiger partial charge is 0.240 e. The Morgan fingerprint density at radius 2 is 2.20 bits per heavy atom. The second-order valence-electron chi connectivity index (χ2n) is 3.28. The van der Waals surface area contributed by atoms with Crippen LogP contribution in [-0.4, -0.2) is 19.0 Å². The molecule has 0 aliphatic rings. The molecule has 2 N–H and O–H groups in total. The first kappa shape index (κ1) is 12.2. The molecule has 0 saturated heterocycles. The van der Waals surface area contributed by atoms with Crippen molar-refractivity contribution in [2.24, 2.45) is 5.73 Å². The number of nitrogens with zero attached hydrogens (tertiary/aromatic N) is 1. The van der Waals surface area contributed by atoms with E-state index in [2.05, 4.69) is 15.9 Å². The summed E-state index contributed by atoms with van der Waals surface area (Å²) in [5.41, 5.74) is 7.38. The van der Waals surface area contributed by atoms with Crippen LogP contribution in [0.5, 0.6) is 0 Å². The van der Waals surface area contributed by atoms with Gasteiger partial charge in [-0.2, -0.15) is 0 Å². The van der Waals surface area contributed by atoms with Crippen molar-refractivity contribution < 1.29 is 4.79 Å². The third-order valence-corrected chi connectivity index (χ3v) is 3.11. The van der Waals surface area contributed by atoms with Crippen molar-refractivity contribution >= 4 is 27.5 Å². The molecule has 82 valence electrons. The van der Waals surface area contributed by atoms with Crippen molar-refractivity contribution in [2.75, 3.05) is 18.0 Å². The summed E-state index contributed by atoms with van der Waals surface area (Å²) in [5, 5.41) is 0. The highest BCUT2D eigenvalue weighted by Crippen LogP contribution is 2.23. The SMILES string of the molecule is CCN(C(=O)CN)c1ccc(C)c(Br)c1. The maximum atomic E-state index is 11.5. The van der Waals surface area contributed by atoms with Crippen molar-refractivity contribution in [3.05, 3.63) is 28.2 Å². The second kappa shape index (κ2) is 5.28. The summed E-state index contributed by atoms with van der Waals surface area (Å²) >= 11 is 3.45. The van der Waals surface area contributed by atoms with Crippen LogP contribution >= 0.6 is 15.9 Å². The molecule has 0 aliphatic heterocycles. The molecule has 0 saturated carbocycles. The Labute approximate surface area is 98.4 Å². The monoisotopic (exact) mass is 270 g/mol. The van der Waals surface area contributed by atoms with Crippen molar-refractivity contribution in [1.82, 2.24) is 0 Å². The summed E-state index contributed by atoms with van der Waals surface area (Å²) in [6.07, 6.45) is 0. The van der Waals surface area contributed by atoms with Gasteiger partial charge in [0.2, 0.25) is 5.91 Å². The quantitative estimate of drug-likeness (QED) is 0.914. The molecule has 0 bridgehead atoms. The lowest BCUT2D eigenvalue weighted by molar-refractivity contribution is -0.117. The number of rotatable bonds is 3. The summed E-state index contributed by atoms with van der Waals surface area (Å²) < 4.78 is 1.00. The number of benzene rings is 1. The number of likely N-dealkylation sites (N-methyl/N-ethyl adjacent to an activating group) is 1. The van der Waals surface area contributed by atoms with Crippen molar-refractivity contribution in [3.63, 3.8) is 0 Å². The number of carbonyl (C=O) groups is 1. The second-order valence-corrected chi connectivity index (χ2v) is 4.13. The van der Waals surface area contributed by atoms with Gasteiger partial charge in [0.1, 0.15) is 0 Å². The number of anilines is 1. The van der Waals surface area contributed by atoms with Crippen LogP contribution in [0, 0.1) is 6.92 Å². The van der Waals surface area contributed by atoms with Gasteiger partial charge in [-0.15, -0.1) is 0 Å². The van der Waals surface area contributed by atoms with E-state index in [-0.39, 0.29) is 12.5 Å². The van der Waals surface area contributed by atoms with E-state index in [1.54, 1.807) is 4.90 Å². The summed E-state index contributed by atoms with van der Waals surface area (Å²) in [6.45, 7) is 4.61. The van der Waals surface area contributed by atoms with Gasteiger partial charge in [-0.05, 0) is 31.5 Å². The number of carbonyl (C=O) groups excluding carboxylic acids is 1. The third kappa shape index (κ3) is 2.79. The first-order valence-electron chi connectivity index (χ1n) is 4.86. The maximum absolute atomic E-state index is 11.5. The number of halogens is 1. The zero-order valence-corrected chi connectivity index (χ0v) is 10.5. The van der Waals surface area contributed by atoms with Crippen LogP contribution in [0.3, 0.4) is 0 Å². The molecule has 0 spiro atoms. The Bertz CT molecular complexity index is 366. The topological polar surface area (TPSA) is 46.3 Å². The molecule has 1 rings (SSSR count). The van der Waals surface area contributed by atoms with Crippen LogP contribution in [0.15, 0.2) is 22.7 Å². The molecule has 0 aliphatic carbocycles. The zero-order chi connectivity index (χ0) is 11.4. The average Bonchev–Trinajstić information content (AvgIpc) is 2.24. The first-order valence-corrected chi connectivity index (χ1v) is 5.66. The van der Waals surface area contributed by atoms with Gasteiger partial charge in [0, 0.05) is 16.7 Å². The predicted octanol–water partition coefficient (Wildman–Crippen LogP) is 2.07. The maximum Gasteiger partial charge on any atom is 0.240 e. The van der Waals surface area contributed by atoms with Gasteiger partial charge >= 0.3 is 0 Å². The van der Waals surface area contributed by atoms with Crippen LogP contribution in [0.2, 0.25) is 0 Å². The van der Waals surface area contributed by atoms with Crippen LogP contribution in [0.1, 0.15) is 12.5 Å².